The van der Waals surface area contributed by atoms with Crippen molar-refractivity contribution in [3.8, 4) is 6.07 Å². The van der Waals surface area contributed by atoms with Gasteiger partial charge in [0.25, 0.3) is 0 Å². The lowest BCUT2D eigenvalue weighted by Gasteiger charge is -2.02. The molecule has 0 aromatic rings. The SMILES string of the molecule is CCC(=O)NC[C@@H](C)C#N. The summed E-state index contributed by atoms with van der Waals surface area (Å²) in [6.07, 6.45) is 0.484. The fraction of sp³-hybridized carbons (Fsp3) is 0.714. The molecule has 0 heterocycles. The molecule has 0 aromatic carbocycles. The van der Waals surface area contributed by atoms with Crippen LogP contribution in [0, 0.1) is 17.2 Å². The first-order chi connectivity index (χ1) is 4.70. The van der Waals surface area contributed by atoms with Crippen molar-refractivity contribution in [1.82, 2.24) is 5.32 Å². The predicted molar refractivity (Wildman–Crippen MR) is 38.1 cm³/mol. The van der Waals surface area contributed by atoms with Gasteiger partial charge in [0.05, 0.1) is 12.0 Å². The van der Waals surface area contributed by atoms with Gasteiger partial charge in [-0.2, -0.15) is 5.26 Å². The van der Waals surface area contributed by atoms with E-state index < -0.39 is 0 Å². The summed E-state index contributed by atoms with van der Waals surface area (Å²) in [4.78, 5) is 10.6. The van der Waals surface area contributed by atoms with E-state index in [4.69, 9.17) is 5.26 Å². The maximum atomic E-state index is 10.6. The second kappa shape index (κ2) is 4.80. The molecular formula is C7H12N2O. The Hall–Kier alpha value is -1.04. The molecule has 56 valence electrons. The molecule has 1 N–H and O–H groups in total. The van der Waals surface area contributed by atoms with Gasteiger partial charge >= 0.3 is 0 Å². The third kappa shape index (κ3) is 3.90. The fourth-order valence-electron chi connectivity index (χ4n) is 0.438. The van der Waals surface area contributed by atoms with Crippen LogP contribution in [-0.4, -0.2) is 12.5 Å². The van der Waals surface area contributed by atoms with Crippen LogP contribution in [0.3, 0.4) is 0 Å². The Kier molecular flexibility index (Phi) is 4.30. The molecule has 0 unspecified atom stereocenters. The van der Waals surface area contributed by atoms with Gasteiger partial charge < -0.3 is 5.32 Å². The van der Waals surface area contributed by atoms with Crippen LogP contribution in [0.5, 0.6) is 0 Å². The van der Waals surface area contributed by atoms with E-state index in [2.05, 4.69) is 5.32 Å². The van der Waals surface area contributed by atoms with Crippen molar-refractivity contribution in [3.05, 3.63) is 0 Å². The number of carbonyl (C=O) groups excluding carboxylic acids is 1. The van der Waals surface area contributed by atoms with Crippen molar-refractivity contribution < 1.29 is 4.79 Å². The lowest BCUT2D eigenvalue weighted by Crippen LogP contribution is -2.26. The Morgan fingerprint density at radius 2 is 2.40 bits per heavy atom. The van der Waals surface area contributed by atoms with Crippen LogP contribution in [0.15, 0.2) is 0 Å². The summed E-state index contributed by atoms with van der Waals surface area (Å²) in [5, 5.41) is 10.9. The molecule has 0 aromatic heterocycles. The van der Waals surface area contributed by atoms with E-state index in [9.17, 15) is 4.79 Å². The molecule has 0 aliphatic rings. The van der Waals surface area contributed by atoms with Gasteiger partial charge in [0.2, 0.25) is 5.91 Å². The second-order valence-corrected chi connectivity index (χ2v) is 2.19. The molecule has 0 fully saturated rings. The highest BCUT2D eigenvalue weighted by Crippen LogP contribution is 1.87. The third-order valence-electron chi connectivity index (χ3n) is 1.15. The minimum Gasteiger partial charge on any atom is -0.355 e. The standard InChI is InChI=1S/C7H12N2O/c1-3-7(10)9-5-6(2)4-8/h6H,3,5H2,1-2H3,(H,9,10)/t6-/m0/s1. The predicted octanol–water partition coefficient (Wildman–Crippen LogP) is 0.672. The Morgan fingerprint density at radius 3 is 2.80 bits per heavy atom. The number of amides is 1. The highest BCUT2D eigenvalue weighted by atomic mass is 16.1. The minimum atomic E-state index is -0.0875. The highest BCUT2D eigenvalue weighted by molar-refractivity contribution is 5.75. The Bertz CT molecular complexity index is 148. The average Bonchev–Trinajstić information content (AvgIpc) is 1.99. The number of nitriles is 1. The summed E-state index contributed by atoms with van der Waals surface area (Å²) >= 11 is 0. The van der Waals surface area contributed by atoms with E-state index in [1.807, 2.05) is 6.07 Å². The zero-order valence-corrected chi connectivity index (χ0v) is 6.35. The topological polar surface area (TPSA) is 52.9 Å². The Morgan fingerprint density at radius 1 is 1.80 bits per heavy atom. The Balaban J connectivity index is 3.37. The molecule has 0 bridgehead atoms. The van der Waals surface area contributed by atoms with Crippen LogP contribution >= 0.6 is 0 Å². The van der Waals surface area contributed by atoms with Crippen LogP contribution in [0.25, 0.3) is 0 Å². The number of hydrogen-bond donors (Lipinski definition) is 1. The number of carbonyl (C=O) groups is 1. The maximum absolute atomic E-state index is 10.6. The summed E-state index contributed by atoms with van der Waals surface area (Å²) in [5.41, 5.74) is 0. The van der Waals surface area contributed by atoms with Gasteiger partial charge in [-0.15, -0.1) is 0 Å². The van der Waals surface area contributed by atoms with E-state index >= 15 is 0 Å². The molecule has 0 spiro atoms. The first kappa shape index (κ1) is 8.96. The zero-order valence-electron chi connectivity index (χ0n) is 6.35. The molecule has 0 aliphatic heterocycles. The smallest absolute Gasteiger partial charge is 0.219 e. The normalized spacial score (nSPS) is 11.7. The van der Waals surface area contributed by atoms with Gasteiger partial charge in [0.1, 0.15) is 0 Å². The van der Waals surface area contributed by atoms with Crippen LogP contribution < -0.4 is 5.32 Å². The molecule has 1 amide bonds. The van der Waals surface area contributed by atoms with Crippen LogP contribution in [0.1, 0.15) is 20.3 Å². The van der Waals surface area contributed by atoms with Crippen molar-refractivity contribution >= 4 is 5.91 Å². The van der Waals surface area contributed by atoms with E-state index in [0.717, 1.165) is 0 Å². The highest BCUT2D eigenvalue weighted by Gasteiger charge is 2.00. The molecule has 3 heteroatoms. The zero-order chi connectivity index (χ0) is 7.98. The summed E-state index contributed by atoms with van der Waals surface area (Å²) in [6, 6.07) is 2.03. The fourth-order valence-corrected chi connectivity index (χ4v) is 0.438. The molecule has 0 saturated carbocycles. The summed E-state index contributed by atoms with van der Waals surface area (Å²) in [5.74, 6) is -0.0856. The average molecular weight is 140 g/mol. The molecule has 3 nitrogen and oxygen atoms in total. The largest absolute Gasteiger partial charge is 0.355 e. The Labute approximate surface area is 61.0 Å². The first-order valence-electron chi connectivity index (χ1n) is 3.37. The van der Waals surface area contributed by atoms with E-state index in [0.29, 0.717) is 13.0 Å². The second-order valence-electron chi connectivity index (χ2n) is 2.19. The van der Waals surface area contributed by atoms with Crippen LogP contribution in [-0.2, 0) is 4.79 Å². The van der Waals surface area contributed by atoms with E-state index in [-0.39, 0.29) is 11.8 Å². The summed E-state index contributed by atoms with van der Waals surface area (Å²) in [7, 11) is 0. The van der Waals surface area contributed by atoms with Crippen molar-refractivity contribution in [3.63, 3.8) is 0 Å². The monoisotopic (exact) mass is 140 g/mol. The summed E-state index contributed by atoms with van der Waals surface area (Å²) in [6.45, 7) is 4.02. The van der Waals surface area contributed by atoms with Crippen LogP contribution in [0.2, 0.25) is 0 Å². The van der Waals surface area contributed by atoms with Crippen molar-refractivity contribution in [2.75, 3.05) is 6.54 Å². The lowest BCUT2D eigenvalue weighted by molar-refractivity contribution is -0.120. The van der Waals surface area contributed by atoms with Gasteiger partial charge in [0.15, 0.2) is 0 Å². The van der Waals surface area contributed by atoms with Crippen molar-refractivity contribution in [2.24, 2.45) is 5.92 Å². The van der Waals surface area contributed by atoms with Crippen molar-refractivity contribution in [1.29, 1.82) is 5.26 Å². The van der Waals surface area contributed by atoms with Gasteiger partial charge in [-0.1, -0.05) is 6.92 Å². The molecule has 0 radical (unpaired) electrons. The van der Waals surface area contributed by atoms with Gasteiger partial charge in [-0.05, 0) is 6.92 Å². The van der Waals surface area contributed by atoms with Gasteiger partial charge in [-0.3, -0.25) is 4.79 Å². The van der Waals surface area contributed by atoms with Crippen LogP contribution in [0.4, 0.5) is 0 Å². The third-order valence-corrected chi connectivity index (χ3v) is 1.15. The quantitative estimate of drug-likeness (QED) is 0.626. The lowest BCUT2D eigenvalue weighted by atomic mass is 10.2. The first-order valence-corrected chi connectivity index (χ1v) is 3.37. The van der Waals surface area contributed by atoms with Crippen molar-refractivity contribution in [2.45, 2.75) is 20.3 Å². The maximum Gasteiger partial charge on any atom is 0.219 e. The molecular weight excluding hydrogens is 128 g/mol. The molecule has 0 saturated heterocycles. The number of nitrogens with zero attached hydrogens (tertiary/aromatic N) is 1. The van der Waals surface area contributed by atoms with Gasteiger partial charge in [0, 0.05) is 13.0 Å². The van der Waals surface area contributed by atoms with E-state index in [1.54, 1.807) is 13.8 Å². The molecule has 10 heavy (non-hydrogen) atoms. The number of hydrogen-bond acceptors (Lipinski definition) is 2. The number of rotatable bonds is 3. The number of nitrogens with one attached hydrogen (secondary N) is 1. The minimum absolute atomic E-state index is 0.00194. The summed E-state index contributed by atoms with van der Waals surface area (Å²) < 4.78 is 0. The van der Waals surface area contributed by atoms with Gasteiger partial charge in [-0.25, -0.2) is 0 Å². The molecule has 0 aliphatic carbocycles. The van der Waals surface area contributed by atoms with E-state index in [1.165, 1.54) is 0 Å². The molecule has 0 rings (SSSR count). The molecule has 1 atom stereocenters.